The van der Waals surface area contributed by atoms with Crippen LogP contribution < -0.4 is 10.1 Å². The highest BCUT2D eigenvalue weighted by molar-refractivity contribution is 5.87. The predicted octanol–water partition coefficient (Wildman–Crippen LogP) is 4.23. The number of fused-ring (bicyclic) bond motifs is 1. The number of nitrogens with zero attached hydrogens (tertiary/aromatic N) is 1. The van der Waals surface area contributed by atoms with Gasteiger partial charge in [-0.3, -0.25) is 9.78 Å². The van der Waals surface area contributed by atoms with Gasteiger partial charge in [0.25, 0.3) is 0 Å². The van der Waals surface area contributed by atoms with Gasteiger partial charge in [-0.1, -0.05) is 25.5 Å². The molecule has 0 saturated heterocycles. The SMILES string of the molecule is CCCCC(=O)NC1CCC(Oc2cccc3cnccc23)CC1. The summed E-state index contributed by atoms with van der Waals surface area (Å²) < 4.78 is 6.25. The molecule has 1 aromatic carbocycles. The highest BCUT2D eigenvalue weighted by Crippen LogP contribution is 2.29. The van der Waals surface area contributed by atoms with Gasteiger partial charge in [0.05, 0.1) is 6.10 Å². The van der Waals surface area contributed by atoms with Crippen LogP contribution in [0, 0.1) is 0 Å². The summed E-state index contributed by atoms with van der Waals surface area (Å²) >= 11 is 0. The fraction of sp³-hybridized carbons (Fsp3) is 0.500. The van der Waals surface area contributed by atoms with Crippen molar-refractivity contribution in [3.63, 3.8) is 0 Å². The van der Waals surface area contributed by atoms with Gasteiger partial charge in [-0.2, -0.15) is 0 Å². The van der Waals surface area contributed by atoms with Crippen LogP contribution in [0.4, 0.5) is 0 Å². The lowest BCUT2D eigenvalue weighted by Gasteiger charge is -2.30. The van der Waals surface area contributed by atoms with E-state index in [1.165, 1.54) is 0 Å². The van der Waals surface area contributed by atoms with Gasteiger partial charge in [-0.05, 0) is 44.2 Å². The average Bonchev–Trinajstić information content (AvgIpc) is 2.62. The number of hydrogen-bond donors (Lipinski definition) is 1. The Kier molecular flexibility index (Phi) is 5.68. The zero-order chi connectivity index (χ0) is 16.8. The molecule has 0 radical (unpaired) electrons. The summed E-state index contributed by atoms with van der Waals surface area (Å²) in [6.07, 6.45) is 10.5. The van der Waals surface area contributed by atoms with E-state index < -0.39 is 0 Å². The number of ether oxygens (including phenoxy) is 1. The van der Waals surface area contributed by atoms with Gasteiger partial charge in [-0.15, -0.1) is 0 Å². The van der Waals surface area contributed by atoms with Crippen molar-refractivity contribution in [2.75, 3.05) is 0 Å². The molecule has 1 fully saturated rings. The second-order valence-corrected chi connectivity index (χ2v) is 6.62. The number of aromatic nitrogens is 1. The van der Waals surface area contributed by atoms with Crippen molar-refractivity contribution in [3.8, 4) is 5.75 Å². The number of rotatable bonds is 6. The van der Waals surface area contributed by atoms with E-state index >= 15 is 0 Å². The molecular weight excluding hydrogens is 300 g/mol. The normalized spacial score (nSPS) is 20.7. The van der Waals surface area contributed by atoms with Gasteiger partial charge in [0.1, 0.15) is 5.75 Å². The lowest BCUT2D eigenvalue weighted by atomic mass is 9.92. The lowest BCUT2D eigenvalue weighted by molar-refractivity contribution is -0.122. The fourth-order valence-electron chi connectivity index (χ4n) is 3.34. The minimum Gasteiger partial charge on any atom is -0.490 e. The minimum absolute atomic E-state index is 0.197. The molecule has 2 aromatic rings. The van der Waals surface area contributed by atoms with Crippen molar-refractivity contribution >= 4 is 16.7 Å². The minimum atomic E-state index is 0.197. The molecule has 1 heterocycles. The van der Waals surface area contributed by atoms with E-state index in [0.29, 0.717) is 12.5 Å². The van der Waals surface area contributed by atoms with Crippen molar-refractivity contribution in [2.24, 2.45) is 0 Å². The van der Waals surface area contributed by atoms with Crippen LogP contribution in [0.1, 0.15) is 51.9 Å². The van der Waals surface area contributed by atoms with E-state index in [2.05, 4.69) is 23.3 Å². The first-order valence-electron chi connectivity index (χ1n) is 9.05. The first-order valence-corrected chi connectivity index (χ1v) is 9.05. The van der Waals surface area contributed by atoms with Crippen LogP contribution in [0.15, 0.2) is 36.7 Å². The standard InChI is InChI=1S/C20H26N2O2/c1-2-3-7-20(23)22-16-8-10-17(11-9-16)24-19-6-4-5-15-14-21-13-12-18(15)19/h4-6,12-14,16-17H,2-3,7-11H2,1H3,(H,22,23). The smallest absolute Gasteiger partial charge is 0.220 e. The summed E-state index contributed by atoms with van der Waals surface area (Å²) in [6, 6.07) is 8.41. The number of carbonyl (C=O) groups excluding carboxylic acids is 1. The van der Waals surface area contributed by atoms with E-state index in [9.17, 15) is 4.79 Å². The molecular formula is C20H26N2O2. The maximum Gasteiger partial charge on any atom is 0.220 e. The van der Waals surface area contributed by atoms with Gasteiger partial charge in [-0.25, -0.2) is 0 Å². The number of amides is 1. The third-order valence-corrected chi connectivity index (χ3v) is 4.73. The van der Waals surface area contributed by atoms with Crippen molar-refractivity contribution in [3.05, 3.63) is 36.7 Å². The van der Waals surface area contributed by atoms with Crippen LogP contribution in [0.5, 0.6) is 5.75 Å². The maximum atomic E-state index is 11.8. The summed E-state index contributed by atoms with van der Waals surface area (Å²) in [5, 5.41) is 5.38. The highest BCUT2D eigenvalue weighted by atomic mass is 16.5. The summed E-state index contributed by atoms with van der Waals surface area (Å²) in [4.78, 5) is 16.0. The Balaban J connectivity index is 1.53. The molecule has 0 atom stereocenters. The number of unbranched alkanes of at least 4 members (excludes halogenated alkanes) is 1. The maximum absolute atomic E-state index is 11.8. The molecule has 0 spiro atoms. The molecule has 1 N–H and O–H groups in total. The van der Waals surface area contributed by atoms with Gasteiger partial charge in [0.15, 0.2) is 0 Å². The van der Waals surface area contributed by atoms with Crippen LogP contribution in [-0.4, -0.2) is 23.0 Å². The van der Waals surface area contributed by atoms with E-state index in [1.54, 1.807) is 6.20 Å². The van der Waals surface area contributed by atoms with Crippen LogP contribution in [0.25, 0.3) is 10.8 Å². The summed E-state index contributed by atoms with van der Waals surface area (Å²) in [5.41, 5.74) is 0. The molecule has 4 heteroatoms. The topological polar surface area (TPSA) is 51.2 Å². The number of hydrogen-bond acceptors (Lipinski definition) is 3. The summed E-state index contributed by atoms with van der Waals surface area (Å²) in [5.74, 6) is 1.13. The molecule has 1 aromatic heterocycles. The Bertz CT molecular complexity index is 673. The molecule has 24 heavy (non-hydrogen) atoms. The van der Waals surface area contributed by atoms with E-state index in [4.69, 9.17) is 4.74 Å². The zero-order valence-electron chi connectivity index (χ0n) is 14.3. The number of carbonyl (C=O) groups is 1. The summed E-state index contributed by atoms with van der Waals surface area (Å²) in [6.45, 7) is 2.11. The third-order valence-electron chi connectivity index (χ3n) is 4.73. The van der Waals surface area contributed by atoms with E-state index in [1.807, 2.05) is 24.4 Å². The number of pyridine rings is 1. The quantitative estimate of drug-likeness (QED) is 0.864. The first-order chi connectivity index (χ1) is 11.8. The third kappa shape index (κ3) is 4.25. The van der Waals surface area contributed by atoms with Crippen LogP contribution in [0.3, 0.4) is 0 Å². The van der Waals surface area contributed by atoms with E-state index in [-0.39, 0.29) is 12.0 Å². The van der Waals surface area contributed by atoms with Gasteiger partial charge in [0.2, 0.25) is 5.91 Å². The molecule has 3 rings (SSSR count). The van der Waals surface area contributed by atoms with Crippen LogP contribution >= 0.6 is 0 Å². The zero-order valence-corrected chi connectivity index (χ0v) is 14.3. The van der Waals surface area contributed by atoms with Crippen LogP contribution in [-0.2, 0) is 4.79 Å². The molecule has 0 bridgehead atoms. The summed E-state index contributed by atoms with van der Waals surface area (Å²) in [7, 11) is 0. The first kappa shape index (κ1) is 16.7. The molecule has 128 valence electrons. The average molecular weight is 326 g/mol. The fourth-order valence-corrected chi connectivity index (χ4v) is 3.34. The Morgan fingerprint density at radius 2 is 2.08 bits per heavy atom. The van der Waals surface area contributed by atoms with E-state index in [0.717, 1.165) is 55.0 Å². The molecule has 1 aliphatic rings. The van der Waals surface area contributed by atoms with Gasteiger partial charge >= 0.3 is 0 Å². The molecule has 0 unspecified atom stereocenters. The molecule has 1 amide bonds. The second-order valence-electron chi connectivity index (χ2n) is 6.62. The molecule has 1 aliphatic carbocycles. The Hall–Kier alpha value is -2.10. The molecule has 4 nitrogen and oxygen atoms in total. The second kappa shape index (κ2) is 8.13. The Morgan fingerprint density at radius 1 is 1.25 bits per heavy atom. The monoisotopic (exact) mass is 326 g/mol. The van der Waals surface area contributed by atoms with Crippen LogP contribution in [0.2, 0.25) is 0 Å². The lowest BCUT2D eigenvalue weighted by Crippen LogP contribution is -2.39. The van der Waals surface area contributed by atoms with Crippen molar-refractivity contribution < 1.29 is 9.53 Å². The van der Waals surface area contributed by atoms with Crippen molar-refractivity contribution in [1.82, 2.24) is 10.3 Å². The predicted molar refractivity (Wildman–Crippen MR) is 96.1 cm³/mol. The largest absolute Gasteiger partial charge is 0.490 e. The molecule has 0 aliphatic heterocycles. The van der Waals surface area contributed by atoms with Crippen molar-refractivity contribution in [2.45, 2.75) is 64.0 Å². The number of nitrogens with one attached hydrogen (secondary N) is 1. The van der Waals surface area contributed by atoms with Crippen molar-refractivity contribution in [1.29, 1.82) is 0 Å². The number of benzene rings is 1. The Morgan fingerprint density at radius 3 is 2.88 bits per heavy atom. The Labute approximate surface area is 143 Å². The van der Waals surface area contributed by atoms with Gasteiger partial charge in [0, 0.05) is 35.6 Å². The highest BCUT2D eigenvalue weighted by Gasteiger charge is 2.23. The van der Waals surface area contributed by atoms with Gasteiger partial charge < -0.3 is 10.1 Å². The molecule has 1 saturated carbocycles.